The topological polar surface area (TPSA) is 95.4 Å². The van der Waals surface area contributed by atoms with Crippen molar-refractivity contribution in [3.8, 4) is 5.75 Å². The number of hydrogen-bond acceptors (Lipinski definition) is 3. The molecule has 0 radical (unpaired) electrons. The van der Waals surface area contributed by atoms with E-state index < -0.39 is 17.7 Å². The van der Waals surface area contributed by atoms with Gasteiger partial charge in [0.1, 0.15) is 11.7 Å². The smallest absolute Gasteiger partial charge is 0.234 e. The van der Waals surface area contributed by atoms with Gasteiger partial charge in [0.05, 0.1) is 7.11 Å². The summed E-state index contributed by atoms with van der Waals surface area (Å²) in [6, 6.07) is 4.99. The fourth-order valence-corrected chi connectivity index (χ4v) is 1.55. The fraction of sp³-hybridized carbons (Fsp3) is 0.273. The Morgan fingerprint density at radius 2 is 1.81 bits per heavy atom. The van der Waals surface area contributed by atoms with Gasteiger partial charge in [0, 0.05) is 0 Å². The lowest BCUT2D eigenvalue weighted by atomic mass is 9.93. The highest BCUT2D eigenvalue weighted by Crippen LogP contribution is 2.23. The van der Waals surface area contributed by atoms with Gasteiger partial charge in [0.15, 0.2) is 0 Å². The molecule has 0 saturated carbocycles. The summed E-state index contributed by atoms with van der Waals surface area (Å²) in [5.74, 6) is -1.94. The number of primary amides is 2. The monoisotopic (exact) mass is 222 g/mol. The van der Waals surface area contributed by atoms with Gasteiger partial charge in [-0.1, -0.05) is 6.07 Å². The van der Waals surface area contributed by atoms with Crippen molar-refractivity contribution in [1.29, 1.82) is 0 Å². The number of methoxy groups -OCH3 is 1. The van der Waals surface area contributed by atoms with Crippen LogP contribution in [0.1, 0.15) is 17.0 Å². The van der Waals surface area contributed by atoms with Gasteiger partial charge in [-0.3, -0.25) is 9.59 Å². The zero-order valence-corrected chi connectivity index (χ0v) is 9.19. The van der Waals surface area contributed by atoms with Crippen LogP contribution in [0.3, 0.4) is 0 Å². The van der Waals surface area contributed by atoms with Crippen LogP contribution in [0.15, 0.2) is 18.2 Å². The summed E-state index contributed by atoms with van der Waals surface area (Å²) in [5, 5.41) is 0. The van der Waals surface area contributed by atoms with Crippen LogP contribution in [0, 0.1) is 6.92 Å². The molecule has 0 fully saturated rings. The lowest BCUT2D eigenvalue weighted by Gasteiger charge is -2.13. The SMILES string of the molecule is COc1ccc(C(C(N)=O)C(N)=O)c(C)c1. The van der Waals surface area contributed by atoms with Gasteiger partial charge in [-0.05, 0) is 30.2 Å². The normalized spacial score (nSPS) is 10.2. The van der Waals surface area contributed by atoms with E-state index in [4.69, 9.17) is 16.2 Å². The first-order valence-corrected chi connectivity index (χ1v) is 4.70. The molecular weight excluding hydrogens is 208 g/mol. The second kappa shape index (κ2) is 4.65. The maximum atomic E-state index is 11.1. The Labute approximate surface area is 93.4 Å². The van der Waals surface area contributed by atoms with E-state index in [0.717, 1.165) is 5.56 Å². The second-order valence-corrected chi connectivity index (χ2v) is 3.46. The fourth-order valence-electron chi connectivity index (χ4n) is 1.55. The molecule has 0 bridgehead atoms. The van der Waals surface area contributed by atoms with Crippen LogP contribution in [0.2, 0.25) is 0 Å². The van der Waals surface area contributed by atoms with E-state index in [1.54, 1.807) is 25.1 Å². The molecule has 1 aromatic carbocycles. The third-order valence-corrected chi connectivity index (χ3v) is 2.36. The molecule has 5 nitrogen and oxygen atoms in total. The maximum absolute atomic E-state index is 11.1. The van der Waals surface area contributed by atoms with Gasteiger partial charge in [0.2, 0.25) is 11.8 Å². The lowest BCUT2D eigenvalue weighted by Crippen LogP contribution is -2.33. The number of nitrogens with two attached hydrogens (primary N) is 2. The number of benzene rings is 1. The van der Waals surface area contributed by atoms with E-state index in [1.807, 2.05) is 0 Å². The molecule has 0 saturated heterocycles. The molecule has 0 atom stereocenters. The van der Waals surface area contributed by atoms with Crippen LogP contribution in [-0.4, -0.2) is 18.9 Å². The number of aryl methyl sites for hydroxylation is 1. The van der Waals surface area contributed by atoms with Crippen LogP contribution >= 0.6 is 0 Å². The molecule has 1 aromatic rings. The van der Waals surface area contributed by atoms with Crippen LogP contribution < -0.4 is 16.2 Å². The molecule has 0 heterocycles. The first kappa shape index (κ1) is 12.0. The summed E-state index contributed by atoms with van der Waals surface area (Å²) < 4.78 is 5.02. The molecule has 5 heteroatoms. The van der Waals surface area contributed by atoms with Crippen molar-refractivity contribution in [1.82, 2.24) is 0 Å². The Balaban J connectivity index is 3.20. The third kappa shape index (κ3) is 2.31. The van der Waals surface area contributed by atoms with Crippen molar-refractivity contribution >= 4 is 11.8 Å². The summed E-state index contributed by atoms with van der Waals surface area (Å²) in [5.41, 5.74) is 11.5. The first-order valence-electron chi connectivity index (χ1n) is 4.70. The molecule has 2 amide bonds. The molecule has 0 spiro atoms. The van der Waals surface area contributed by atoms with Crippen LogP contribution in [0.5, 0.6) is 5.75 Å². The van der Waals surface area contributed by atoms with Gasteiger partial charge in [0.25, 0.3) is 0 Å². The number of carbonyl (C=O) groups excluding carboxylic acids is 2. The van der Waals surface area contributed by atoms with E-state index in [2.05, 4.69) is 0 Å². The predicted molar refractivity (Wildman–Crippen MR) is 58.9 cm³/mol. The quantitative estimate of drug-likeness (QED) is 0.705. The van der Waals surface area contributed by atoms with Crippen molar-refractivity contribution in [3.05, 3.63) is 29.3 Å². The largest absolute Gasteiger partial charge is 0.497 e. The van der Waals surface area contributed by atoms with Crippen molar-refractivity contribution in [2.45, 2.75) is 12.8 Å². The Kier molecular flexibility index (Phi) is 3.50. The van der Waals surface area contributed by atoms with Crippen LogP contribution in [0.25, 0.3) is 0 Å². The number of amides is 2. The van der Waals surface area contributed by atoms with E-state index in [9.17, 15) is 9.59 Å². The second-order valence-electron chi connectivity index (χ2n) is 3.46. The molecule has 0 aromatic heterocycles. The van der Waals surface area contributed by atoms with Gasteiger partial charge in [-0.15, -0.1) is 0 Å². The van der Waals surface area contributed by atoms with Gasteiger partial charge in [-0.25, -0.2) is 0 Å². The Bertz CT molecular complexity index is 415. The minimum Gasteiger partial charge on any atom is -0.497 e. The minimum absolute atomic E-state index is 0.515. The molecule has 0 aliphatic heterocycles. The van der Waals surface area contributed by atoms with Crippen LogP contribution in [-0.2, 0) is 9.59 Å². The molecule has 4 N–H and O–H groups in total. The average molecular weight is 222 g/mol. The highest BCUT2D eigenvalue weighted by atomic mass is 16.5. The highest BCUT2D eigenvalue weighted by Gasteiger charge is 2.25. The van der Waals surface area contributed by atoms with Gasteiger partial charge in [-0.2, -0.15) is 0 Å². The highest BCUT2D eigenvalue weighted by molar-refractivity contribution is 6.04. The van der Waals surface area contributed by atoms with Gasteiger partial charge < -0.3 is 16.2 Å². The predicted octanol–water partition coefficient (Wildman–Crippen LogP) is 0.0578. The molecular formula is C11H14N2O3. The number of ether oxygens (including phenoxy) is 1. The number of carbonyl (C=O) groups is 2. The van der Waals surface area contributed by atoms with Crippen LogP contribution in [0.4, 0.5) is 0 Å². The maximum Gasteiger partial charge on any atom is 0.234 e. The Morgan fingerprint density at radius 3 is 2.19 bits per heavy atom. The Hall–Kier alpha value is -2.04. The van der Waals surface area contributed by atoms with Crippen molar-refractivity contribution in [2.75, 3.05) is 7.11 Å². The summed E-state index contributed by atoms with van der Waals surface area (Å²) in [7, 11) is 1.54. The standard InChI is InChI=1S/C11H14N2O3/c1-6-5-7(16-2)3-4-8(6)9(10(12)14)11(13)15/h3-5,9H,1-2H3,(H2,12,14)(H2,13,15). The first-order chi connectivity index (χ1) is 7.47. The van der Waals surface area contributed by atoms with E-state index in [1.165, 1.54) is 7.11 Å². The molecule has 0 aliphatic carbocycles. The van der Waals surface area contributed by atoms with E-state index in [-0.39, 0.29) is 0 Å². The average Bonchev–Trinajstić information content (AvgIpc) is 2.19. The van der Waals surface area contributed by atoms with Gasteiger partial charge >= 0.3 is 0 Å². The summed E-state index contributed by atoms with van der Waals surface area (Å²) in [4.78, 5) is 22.3. The molecule has 16 heavy (non-hydrogen) atoms. The molecule has 0 unspecified atom stereocenters. The number of hydrogen-bond donors (Lipinski definition) is 2. The molecule has 0 aliphatic rings. The summed E-state index contributed by atoms with van der Waals surface area (Å²) in [6.07, 6.45) is 0. The lowest BCUT2D eigenvalue weighted by molar-refractivity contribution is -0.128. The third-order valence-electron chi connectivity index (χ3n) is 2.36. The molecule has 1 rings (SSSR count). The zero-order valence-electron chi connectivity index (χ0n) is 9.19. The van der Waals surface area contributed by atoms with Crippen molar-refractivity contribution < 1.29 is 14.3 Å². The molecule has 86 valence electrons. The van der Waals surface area contributed by atoms with E-state index >= 15 is 0 Å². The Morgan fingerprint density at radius 1 is 1.25 bits per heavy atom. The summed E-state index contributed by atoms with van der Waals surface area (Å²) >= 11 is 0. The summed E-state index contributed by atoms with van der Waals surface area (Å²) in [6.45, 7) is 1.76. The van der Waals surface area contributed by atoms with E-state index in [0.29, 0.717) is 11.3 Å². The number of rotatable bonds is 4. The minimum atomic E-state index is -1.09. The van der Waals surface area contributed by atoms with Crippen molar-refractivity contribution in [3.63, 3.8) is 0 Å². The van der Waals surface area contributed by atoms with Crippen molar-refractivity contribution in [2.24, 2.45) is 11.5 Å². The zero-order chi connectivity index (χ0) is 12.3.